The van der Waals surface area contributed by atoms with Crippen LogP contribution in [0.3, 0.4) is 0 Å². The number of halogens is 8. The van der Waals surface area contributed by atoms with Gasteiger partial charge in [0.2, 0.25) is 0 Å². The minimum absolute atomic E-state index is 0. The lowest BCUT2D eigenvalue weighted by Gasteiger charge is -2.39. The summed E-state index contributed by atoms with van der Waals surface area (Å²) in [6, 6.07) is 4.85. The van der Waals surface area contributed by atoms with E-state index in [1.807, 2.05) is 0 Å². The molecule has 0 radical (unpaired) electrons. The van der Waals surface area contributed by atoms with Gasteiger partial charge in [0.05, 0.1) is 11.1 Å². The second kappa shape index (κ2) is 9.89. The highest BCUT2D eigenvalue weighted by Gasteiger charge is 2.39. The van der Waals surface area contributed by atoms with Gasteiger partial charge >= 0.3 is 12.4 Å². The summed E-state index contributed by atoms with van der Waals surface area (Å²) >= 11 is 0. The molecule has 1 amide bonds. The Morgan fingerprint density at radius 3 is 2.09 bits per heavy atom. The van der Waals surface area contributed by atoms with Gasteiger partial charge in [-0.3, -0.25) is 4.79 Å². The zero-order valence-electron chi connectivity index (χ0n) is 17.6. The molecule has 1 aliphatic rings. The van der Waals surface area contributed by atoms with Crippen molar-refractivity contribution in [2.45, 2.75) is 37.7 Å². The molecule has 1 heterocycles. The van der Waals surface area contributed by atoms with E-state index in [9.17, 15) is 35.5 Å². The van der Waals surface area contributed by atoms with E-state index in [1.54, 1.807) is 19.1 Å². The number of hydrogen-bond donors (Lipinski definition) is 1. The van der Waals surface area contributed by atoms with Crippen LogP contribution in [0.5, 0.6) is 0 Å². The van der Waals surface area contributed by atoms with E-state index in [0.29, 0.717) is 37.2 Å². The normalized spacial score (nSPS) is 19.1. The number of aryl methyl sites for hydroxylation is 1. The van der Waals surface area contributed by atoms with E-state index in [0.717, 1.165) is 5.56 Å². The fraction of sp³-hybridized carbons (Fsp3) is 0.409. The first-order valence-corrected chi connectivity index (χ1v) is 9.82. The number of nitrogens with one attached hydrogen (secondary N) is 1. The predicted molar refractivity (Wildman–Crippen MR) is 111 cm³/mol. The molecule has 0 aromatic heterocycles. The topological polar surface area (TPSA) is 32.3 Å². The van der Waals surface area contributed by atoms with Gasteiger partial charge in [-0.25, -0.2) is 4.39 Å². The molecule has 2 aromatic carbocycles. The van der Waals surface area contributed by atoms with Crippen LogP contribution in [0.25, 0.3) is 0 Å². The summed E-state index contributed by atoms with van der Waals surface area (Å²) in [5.41, 5.74) is -2.66. The summed E-state index contributed by atoms with van der Waals surface area (Å²) in [6.07, 6.45) is -9.66. The molecule has 33 heavy (non-hydrogen) atoms. The summed E-state index contributed by atoms with van der Waals surface area (Å²) in [5, 5.41) is 3.16. The highest BCUT2D eigenvalue weighted by Crippen LogP contribution is 2.37. The Kier molecular flexibility index (Phi) is 8.06. The quantitative estimate of drug-likeness (QED) is 0.542. The molecule has 3 nitrogen and oxygen atoms in total. The van der Waals surface area contributed by atoms with Crippen molar-refractivity contribution >= 4 is 18.3 Å². The van der Waals surface area contributed by atoms with E-state index in [2.05, 4.69) is 5.32 Å². The van der Waals surface area contributed by atoms with E-state index in [-0.39, 0.29) is 24.4 Å². The molecule has 1 fully saturated rings. The van der Waals surface area contributed by atoms with Crippen LogP contribution < -0.4 is 5.32 Å². The maximum atomic E-state index is 13.7. The maximum absolute atomic E-state index is 13.7. The van der Waals surface area contributed by atoms with Gasteiger partial charge in [0, 0.05) is 31.1 Å². The molecule has 0 bridgehead atoms. The van der Waals surface area contributed by atoms with Crippen LogP contribution in [0.1, 0.15) is 45.0 Å². The molecule has 182 valence electrons. The van der Waals surface area contributed by atoms with Crippen LogP contribution in [0, 0.1) is 12.7 Å². The number of hydrogen-bond acceptors (Lipinski definition) is 2. The first-order valence-electron chi connectivity index (χ1n) is 9.82. The molecule has 1 N–H and O–H groups in total. The summed E-state index contributed by atoms with van der Waals surface area (Å²) in [4.78, 5) is 14.2. The fourth-order valence-electron chi connectivity index (χ4n) is 3.98. The van der Waals surface area contributed by atoms with Gasteiger partial charge in [-0.2, -0.15) is 26.3 Å². The summed E-state index contributed by atoms with van der Waals surface area (Å²) < 4.78 is 92.7. The number of benzene rings is 2. The van der Waals surface area contributed by atoms with Crippen LogP contribution in [0.2, 0.25) is 0 Å². The molecular weight excluding hydrogens is 477 g/mol. The second-order valence-electron chi connectivity index (χ2n) is 7.89. The van der Waals surface area contributed by atoms with E-state index < -0.39 is 46.8 Å². The lowest BCUT2D eigenvalue weighted by atomic mass is 9.85. The SMILES string of the molecule is Cc1cc(C2CNCCC2N(C)C(=O)c2cc(C(F)(F)F)cc(C(F)(F)F)c2)ccc1F.Cl. The molecule has 2 unspecified atom stereocenters. The van der Waals surface area contributed by atoms with Crippen molar-refractivity contribution in [2.75, 3.05) is 20.1 Å². The third-order valence-electron chi connectivity index (χ3n) is 5.71. The monoisotopic (exact) mass is 498 g/mol. The van der Waals surface area contributed by atoms with Crippen molar-refractivity contribution in [3.8, 4) is 0 Å². The third kappa shape index (κ3) is 5.97. The number of nitrogens with zero attached hydrogens (tertiary/aromatic N) is 1. The number of amides is 1. The van der Waals surface area contributed by atoms with Crippen LogP contribution in [-0.2, 0) is 12.4 Å². The van der Waals surface area contributed by atoms with Gasteiger partial charge in [0.25, 0.3) is 5.91 Å². The second-order valence-corrected chi connectivity index (χ2v) is 7.89. The highest BCUT2D eigenvalue weighted by atomic mass is 35.5. The minimum Gasteiger partial charge on any atom is -0.338 e. The van der Waals surface area contributed by atoms with Crippen molar-refractivity contribution in [1.82, 2.24) is 10.2 Å². The van der Waals surface area contributed by atoms with Gasteiger partial charge in [0.1, 0.15) is 5.82 Å². The lowest BCUT2D eigenvalue weighted by Crippen LogP contribution is -2.49. The van der Waals surface area contributed by atoms with Gasteiger partial charge in [-0.1, -0.05) is 12.1 Å². The molecule has 0 aliphatic carbocycles. The molecular formula is C22H22ClF7N2O. The first kappa shape index (κ1) is 26.9. The summed E-state index contributed by atoms with van der Waals surface area (Å²) in [7, 11) is 1.36. The van der Waals surface area contributed by atoms with Crippen molar-refractivity contribution in [1.29, 1.82) is 0 Å². The highest BCUT2D eigenvalue weighted by molar-refractivity contribution is 5.95. The molecule has 0 saturated carbocycles. The number of likely N-dealkylation sites (N-methyl/N-ethyl adjacent to an activating group) is 1. The van der Waals surface area contributed by atoms with Crippen molar-refractivity contribution < 1.29 is 35.5 Å². The van der Waals surface area contributed by atoms with Crippen LogP contribution in [0.15, 0.2) is 36.4 Å². The predicted octanol–water partition coefficient (Wildman–Crippen LogP) is 5.81. The number of alkyl halides is 6. The van der Waals surface area contributed by atoms with Gasteiger partial charge in [0.15, 0.2) is 0 Å². The largest absolute Gasteiger partial charge is 0.416 e. The average Bonchev–Trinajstić information content (AvgIpc) is 2.73. The zero-order valence-corrected chi connectivity index (χ0v) is 18.5. The van der Waals surface area contributed by atoms with E-state index in [1.165, 1.54) is 18.0 Å². The summed E-state index contributed by atoms with van der Waals surface area (Å²) in [6.45, 7) is 2.51. The molecule has 3 rings (SSSR count). The number of carbonyl (C=O) groups is 1. The number of piperidine rings is 1. The average molecular weight is 499 g/mol. The van der Waals surface area contributed by atoms with Crippen molar-refractivity contribution in [2.24, 2.45) is 0 Å². The zero-order chi connectivity index (χ0) is 23.8. The summed E-state index contributed by atoms with van der Waals surface area (Å²) in [5.74, 6) is -1.66. The van der Waals surface area contributed by atoms with Crippen molar-refractivity contribution in [3.63, 3.8) is 0 Å². The van der Waals surface area contributed by atoms with E-state index >= 15 is 0 Å². The third-order valence-corrected chi connectivity index (χ3v) is 5.71. The maximum Gasteiger partial charge on any atom is 0.416 e. The first-order chi connectivity index (χ1) is 14.8. The molecule has 0 spiro atoms. The Morgan fingerprint density at radius 2 is 1.58 bits per heavy atom. The van der Waals surface area contributed by atoms with Crippen molar-refractivity contribution in [3.05, 3.63) is 70.0 Å². The smallest absolute Gasteiger partial charge is 0.338 e. The Morgan fingerprint density at radius 1 is 1.00 bits per heavy atom. The van der Waals surface area contributed by atoms with Crippen LogP contribution in [0.4, 0.5) is 30.7 Å². The molecule has 11 heteroatoms. The molecule has 2 atom stereocenters. The fourth-order valence-corrected chi connectivity index (χ4v) is 3.98. The molecule has 1 aliphatic heterocycles. The minimum atomic E-state index is -5.04. The Labute approximate surface area is 192 Å². The van der Waals surface area contributed by atoms with E-state index in [4.69, 9.17) is 0 Å². The lowest BCUT2D eigenvalue weighted by molar-refractivity contribution is -0.143. The Bertz CT molecular complexity index is 975. The standard InChI is InChI=1S/C22H21F7N2O.ClH/c1-12-7-13(3-4-18(12)23)17-11-30-6-5-19(17)31(2)20(32)14-8-15(21(24,25)26)10-16(9-14)22(27,28)29;/h3-4,7-10,17,19,30H,5-6,11H2,1-2H3;1H. The molecule has 1 saturated heterocycles. The van der Waals surface area contributed by atoms with Crippen LogP contribution >= 0.6 is 12.4 Å². The Balaban J connectivity index is 0.00000385. The van der Waals surface area contributed by atoms with Crippen LogP contribution in [-0.4, -0.2) is 37.0 Å². The van der Waals surface area contributed by atoms with Gasteiger partial charge in [-0.05, 0) is 55.3 Å². The Hall–Kier alpha value is -2.33. The number of carbonyl (C=O) groups excluding carboxylic acids is 1. The van der Waals surface area contributed by atoms with Gasteiger partial charge in [-0.15, -0.1) is 12.4 Å². The van der Waals surface area contributed by atoms with Gasteiger partial charge < -0.3 is 10.2 Å². The number of rotatable bonds is 3. The molecule has 2 aromatic rings.